The lowest BCUT2D eigenvalue weighted by atomic mass is 10.1. The molecule has 0 aliphatic rings. The number of rotatable bonds is 19. The number of carbonyl (C=O) groups excluding carboxylic acids is 1. The third kappa shape index (κ3) is 19.2. The molecule has 0 aromatic carbocycles. The maximum absolute atomic E-state index is 10.7. The van der Waals surface area contributed by atoms with E-state index in [0.29, 0.717) is 65.4 Å². The Labute approximate surface area is 151 Å². The summed E-state index contributed by atoms with van der Waals surface area (Å²) in [5, 5.41) is 0. The predicted octanol–water partition coefficient (Wildman–Crippen LogP) is 1.84. The smallest absolute Gasteiger partial charge is 0.330 e. The van der Waals surface area contributed by atoms with Crippen LogP contribution in [0.3, 0.4) is 0 Å². The van der Waals surface area contributed by atoms with Crippen molar-refractivity contribution in [3.63, 3.8) is 0 Å². The van der Waals surface area contributed by atoms with Crippen molar-refractivity contribution in [2.45, 2.75) is 20.3 Å². The van der Waals surface area contributed by atoms with Gasteiger partial charge in [0.2, 0.25) is 0 Å². The van der Waals surface area contributed by atoms with Crippen molar-refractivity contribution in [2.75, 3.05) is 72.7 Å². The van der Waals surface area contributed by atoms with Crippen LogP contribution in [0, 0.1) is 5.92 Å². The Balaban J connectivity index is 3.05. The Morgan fingerprint density at radius 1 is 0.800 bits per heavy atom. The molecule has 7 heteroatoms. The Morgan fingerprint density at radius 3 is 1.60 bits per heavy atom. The van der Waals surface area contributed by atoms with Crippen molar-refractivity contribution in [1.29, 1.82) is 0 Å². The summed E-state index contributed by atoms with van der Waals surface area (Å²) in [6, 6.07) is 0. The molecule has 0 fully saturated rings. The van der Waals surface area contributed by atoms with E-state index in [1.165, 1.54) is 0 Å². The molecule has 0 radical (unpaired) electrons. The van der Waals surface area contributed by atoms with Crippen LogP contribution in [0.2, 0.25) is 0 Å². The molecule has 0 saturated carbocycles. The van der Waals surface area contributed by atoms with E-state index < -0.39 is 5.97 Å². The third-order valence-electron chi connectivity index (χ3n) is 3.23. The Kier molecular flexibility index (Phi) is 18.6. The lowest BCUT2D eigenvalue weighted by Gasteiger charge is -2.10. The van der Waals surface area contributed by atoms with Crippen LogP contribution in [0.1, 0.15) is 20.3 Å². The zero-order chi connectivity index (χ0) is 18.6. The van der Waals surface area contributed by atoms with E-state index in [1.807, 2.05) is 0 Å². The summed E-state index contributed by atoms with van der Waals surface area (Å²) in [5.41, 5.74) is 0. The van der Waals surface area contributed by atoms with Crippen molar-refractivity contribution in [3.05, 3.63) is 12.7 Å². The first kappa shape index (κ1) is 24.0. The second-order valence-corrected chi connectivity index (χ2v) is 5.41. The molecule has 0 rings (SSSR count). The minimum atomic E-state index is -0.445. The minimum Gasteiger partial charge on any atom is -0.460 e. The van der Waals surface area contributed by atoms with Gasteiger partial charge in [0.1, 0.15) is 6.61 Å². The Morgan fingerprint density at radius 2 is 1.20 bits per heavy atom. The van der Waals surface area contributed by atoms with Crippen LogP contribution in [0.25, 0.3) is 0 Å². The molecule has 0 aliphatic carbocycles. The fraction of sp³-hybridized carbons (Fsp3) is 0.833. The Hall–Kier alpha value is -0.990. The molecular formula is C18H34O7. The summed E-state index contributed by atoms with van der Waals surface area (Å²) in [4.78, 5) is 10.7. The van der Waals surface area contributed by atoms with Gasteiger partial charge in [0, 0.05) is 12.7 Å². The molecule has 7 nitrogen and oxygen atoms in total. The standard InChI is InChI=1S/C18H34O7/c1-4-17(3)16-24-13-12-22-9-8-20-6-7-21-10-11-23-14-15-25-18(19)5-2/h5,17H,2,4,6-16H2,1,3H3. The van der Waals surface area contributed by atoms with Gasteiger partial charge < -0.3 is 28.4 Å². The highest BCUT2D eigenvalue weighted by molar-refractivity contribution is 5.81. The van der Waals surface area contributed by atoms with E-state index in [1.54, 1.807) is 0 Å². The van der Waals surface area contributed by atoms with Crippen LogP contribution in [0.5, 0.6) is 0 Å². The molecular weight excluding hydrogens is 328 g/mol. The van der Waals surface area contributed by atoms with Crippen LogP contribution in [-0.2, 0) is 33.2 Å². The lowest BCUT2D eigenvalue weighted by Crippen LogP contribution is -2.15. The molecule has 0 aromatic heterocycles. The normalized spacial score (nSPS) is 12.1. The van der Waals surface area contributed by atoms with Gasteiger partial charge in [-0.1, -0.05) is 26.8 Å². The van der Waals surface area contributed by atoms with Gasteiger partial charge in [-0.25, -0.2) is 4.79 Å². The first-order valence-corrected chi connectivity index (χ1v) is 8.88. The number of esters is 1. The minimum absolute atomic E-state index is 0.219. The van der Waals surface area contributed by atoms with Crippen molar-refractivity contribution in [2.24, 2.45) is 5.92 Å². The van der Waals surface area contributed by atoms with Gasteiger partial charge in [0.25, 0.3) is 0 Å². The molecule has 0 saturated heterocycles. The van der Waals surface area contributed by atoms with Crippen molar-refractivity contribution >= 4 is 5.97 Å². The molecule has 0 heterocycles. The van der Waals surface area contributed by atoms with Gasteiger partial charge in [-0.3, -0.25) is 0 Å². The zero-order valence-corrected chi connectivity index (χ0v) is 15.7. The summed E-state index contributed by atoms with van der Waals surface area (Å²) >= 11 is 0. The number of ether oxygens (including phenoxy) is 6. The van der Waals surface area contributed by atoms with Crippen LogP contribution in [0.15, 0.2) is 12.7 Å². The van der Waals surface area contributed by atoms with Crippen LogP contribution < -0.4 is 0 Å². The van der Waals surface area contributed by atoms with Crippen LogP contribution >= 0.6 is 0 Å². The summed E-state index contributed by atoms with van der Waals surface area (Å²) < 4.78 is 31.6. The number of hydrogen-bond donors (Lipinski definition) is 0. The first-order valence-electron chi connectivity index (χ1n) is 8.88. The fourth-order valence-electron chi connectivity index (χ4n) is 1.54. The van der Waals surface area contributed by atoms with E-state index >= 15 is 0 Å². The summed E-state index contributed by atoms with van der Waals surface area (Å²) in [6.07, 6.45) is 2.25. The SMILES string of the molecule is C=CC(=O)OCCOCCOCCOCCOCCOCC(C)CC. The van der Waals surface area contributed by atoms with E-state index in [4.69, 9.17) is 28.4 Å². The lowest BCUT2D eigenvalue weighted by molar-refractivity contribution is -0.139. The van der Waals surface area contributed by atoms with Crippen molar-refractivity contribution in [1.82, 2.24) is 0 Å². The molecule has 0 amide bonds. The topological polar surface area (TPSA) is 72.5 Å². The third-order valence-corrected chi connectivity index (χ3v) is 3.23. The summed E-state index contributed by atoms with van der Waals surface area (Å²) in [5.74, 6) is 0.156. The molecule has 0 aliphatic heterocycles. The highest BCUT2D eigenvalue weighted by atomic mass is 16.6. The van der Waals surface area contributed by atoms with Crippen LogP contribution in [0.4, 0.5) is 0 Å². The van der Waals surface area contributed by atoms with Crippen molar-refractivity contribution in [3.8, 4) is 0 Å². The molecule has 0 N–H and O–H groups in total. The number of hydrogen-bond acceptors (Lipinski definition) is 7. The molecule has 1 atom stereocenters. The molecule has 1 unspecified atom stereocenters. The maximum atomic E-state index is 10.7. The summed E-state index contributed by atoms with van der Waals surface area (Å²) in [6.45, 7) is 13.2. The zero-order valence-electron chi connectivity index (χ0n) is 15.7. The quantitative estimate of drug-likeness (QED) is 0.197. The van der Waals surface area contributed by atoms with Crippen molar-refractivity contribution < 1.29 is 33.2 Å². The van der Waals surface area contributed by atoms with Gasteiger partial charge in [-0.15, -0.1) is 0 Å². The average molecular weight is 362 g/mol. The first-order chi connectivity index (χ1) is 12.2. The summed E-state index contributed by atoms with van der Waals surface area (Å²) in [7, 11) is 0. The van der Waals surface area contributed by atoms with Gasteiger partial charge in [0.05, 0.1) is 59.5 Å². The van der Waals surface area contributed by atoms with E-state index in [0.717, 1.165) is 19.1 Å². The molecule has 25 heavy (non-hydrogen) atoms. The van der Waals surface area contributed by atoms with Crippen LogP contribution in [-0.4, -0.2) is 78.6 Å². The van der Waals surface area contributed by atoms with Gasteiger partial charge in [-0.2, -0.15) is 0 Å². The Bertz CT molecular complexity index is 310. The van der Waals surface area contributed by atoms with E-state index in [-0.39, 0.29) is 6.61 Å². The van der Waals surface area contributed by atoms with Gasteiger partial charge in [-0.05, 0) is 5.92 Å². The fourth-order valence-corrected chi connectivity index (χ4v) is 1.54. The highest BCUT2D eigenvalue weighted by Crippen LogP contribution is 1.99. The second kappa shape index (κ2) is 19.3. The maximum Gasteiger partial charge on any atom is 0.330 e. The van der Waals surface area contributed by atoms with E-state index in [9.17, 15) is 4.79 Å². The average Bonchev–Trinajstić information content (AvgIpc) is 2.63. The molecule has 0 spiro atoms. The second-order valence-electron chi connectivity index (χ2n) is 5.41. The molecule has 148 valence electrons. The highest BCUT2D eigenvalue weighted by Gasteiger charge is 1.98. The molecule has 0 bridgehead atoms. The molecule has 0 aromatic rings. The number of carbonyl (C=O) groups is 1. The van der Waals surface area contributed by atoms with Gasteiger partial charge in [0.15, 0.2) is 0 Å². The predicted molar refractivity (Wildman–Crippen MR) is 94.7 cm³/mol. The van der Waals surface area contributed by atoms with Gasteiger partial charge >= 0.3 is 5.97 Å². The monoisotopic (exact) mass is 362 g/mol. The largest absolute Gasteiger partial charge is 0.460 e. The van der Waals surface area contributed by atoms with E-state index in [2.05, 4.69) is 20.4 Å².